The molecule has 3 unspecified atom stereocenters. The monoisotopic (exact) mass is 272 g/mol. The van der Waals surface area contributed by atoms with E-state index >= 15 is 0 Å². The van der Waals surface area contributed by atoms with Crippen LogP contribution in [0, 0.1) is 12.8 Å². The van der Waals surface area contributed by atoms with Gasteiger partial charge in [-0.15, -0.1) is 0 Å². The number of ether oxygens (including phenoxy) is 2. The van der Waals surface area contributed by atoms with Crippen molar-refractivity contribution in [2.45, 2.75) is 39.4 Å². The molecule has 2 rings (SSSR count). The molecule has 0 aliphatic heterocycles. The summed E-state index contributed by atoms with van der Waals surface area (Å²) in [6.45, 7) is 8.98. The van der Waals surface area contributed by atoms with E-state index in [1.807, 2.05) is 25.1 Å². The van der Waals surface area contributed by atoms with Crippen molar-refractivity contribution in [2.75, 3.05) is 6.61 Å². The van der Waals surface area contributed by atoms with E-state index in [-0.39, 0.29) is 11.7 Å². The van der Waals surface area contributed by atoms with E-state index in [0.29, 0.717) is 12.5 Å². The Labute approximate surface area is 122 Å². The van der Waals surface area contributed by atoms with Gasteiger partial charge in [-0.1, -0.05) is 48.9 Å². The zero-order valence-electron chi connectivity index (χ0n) is 12.8. The standard InChI is InChI=1S/C18H24O2/c1-14-8-10-17(11-9-14)20-16(3)13-19-18(4)12-6-5-7-15(18)2/h5-12,15-16H,13H2,1-4H3. The van der Waals surface area contributed by atoms with Crippen LogP contribution in [0.5, 0.6) is 5.75 Å². The predicted molar refractivity (Wildman–Crippen MR) is 83.1 cm³/mol. The van der Waals surface area contributed by atoms with Gasteiger partial charge in [0.25, 0.3) is 0 Å². The van der Waals surface area contributed by atoms with Crippen molar-refractivity contribution in [1.82, 2.24) is 0 Å². The first-order chi connectivity index (χ1) is 9.49. The summed E-state index contributed by atoms with van der Waals surface area (Å²) >= 11 is 0. The van der Waals surface area contributed by atoms with Crippen molar-refractivity contribution in [3.63, 3.8) is 0 Å². The maximum absolute atomic E-state index is 6.08. The number of aryl methyl sites for hydroxylation is 1. The normalized spacial score (nSPS) is 26.5. The molecular formula is C18H24O2. The maximum Gasteiger partial charge on any atom is 0.119 e. The third kappa shape index (κ3) is 3.73. The fourth-order valence-electron chi connectivity index (χ4n) is 2.18. The van der Waals surface area contributed by atoms with Crippen LogP contribution in [0.4, 0.5) is 0 Å². The summed E-state index contributed by atoms with van der Waals surface area (Å²) in [5.74, 6) is 1.27. The third-order valence-corrected chi connectivity index (χ3v) is 3.83. The second-order valence-electron chi connectivity index (χ2n) is 5.77. The summed E-state index contributed by atoms with van der Waals surface area (Å²) in [5, 5.41) is 0. The lowest BCUT2D eigenvalue weighted by molar-refractivity contribution is -0.0506. The predicted octanol–water partition coefficient (Wildman–Crippen LogP) is 4.30. The van der Waals surface area contributed by atoms with Gasteiger partial charge in [0.05, 0.1) is 12.2 Å². The number of hydrogen-bond acceptors (Lipinski definition) is 2. The average Bonchev–Trinajstić information content (AvgIpc) is 2.43. The number of allylic oxidation sites excluding steroid dienone is 2. The summed E-state index contributed by atoms with van der Waals surface area (Å²) in [6.07, 6.45) is 8.44. The minimum absolute atomic E-state index is 0.0287. The summed E-state index contributed by atoms with van der Waals surface area (Å²) in [6, 6.07) is 8.11. The first-order valence-corrected chi connectivity index (χ1v) is 7.23. The molecule has 0 radical (unpaired) electrons. The molecule has 0 saturated carbocycles. The van der Waals surface area contributed by atoms with Gasteiger partial charge < -0.3 is 9.47 Å². The highest BCUT2D eigenvalue weighted by Gasteiger charge is 2.29. The molecular weight excluding hydrogens is 248 g/mol. The molecule has 0 fully saturated rings. The maximum atomic E-state index is 6.08. The van der Waals surface area contributed by atoms with Crippen LogP contribution in [0.2, 0.25) is 0 Å². The Morgan fingerprint density at radius 1 is 1.20 bits per heavy atom. The molecule has 2 heteroatoms. The van der Waals surface area contributed by atoms with Crippen molar-refractivity contribution in [3.05, 3.63) is 54.1 Å². The highest BCUT2D eigenvalue weighted by molar-refractivity contribution is 5.26. The minimum Gasteiger partial charge on any atom is -0.488 e. The van der Waals surface area contributed by atoms with E-state index in [0.717, 1.165) is 5.75 Å². The first-order valence-electron chi connectivity index (χ1n) is 7.23. The van der Waals surface area contributed by atoms with Crippen LogP contribution in [0.1, 0.15) is 26.3 Å². The molecule has 1 aromatic rings. The van der Waals surface area contributed by atoms with E-state index in [4.69, 9.17) is 9.47 Å². The number of hydrogen-bond donors (Lipinski definition) is 0. The van der Waals surface area contributed by atoms with Gasteiger partial charge in [-0.2, -0.15) is 0 Å². The van der Waals surface area contributed by atoms with Gasteiger partial charge in [-0.25, -0.2) is 0 Å². The Morgan fingerprint density at radius 3 is 2.55 bits per heavy atom. The highest BCUT2D eigenvalue weighted by Crippen LogP contribution is 2.28. The van der Waals surface area contributed by atoms with Gasteiger partial charge in [-0.05, 0) is 32.9 Å². The zero-order chi connectivity index (χ0) is 14.6. The Hall–Kier alpha value is -1.54. The lowest BCUT2D eigenvalue weighted by Gasteiger charge is -2.34. The summed E-state index contributed by atoms with van der Waals surface area (Å²) in [4.78, 5) is 0. The van der Waals surface area contributed by atoms with Crippen molar-refractivity contribution in [1.29, 1.82) is 0 Å². The molecule has 0 N–H and O–H groups in total. The van der Waals surface area contributed by atoms with Crippen molar-refractivity contribution < 1.29 is 9.47 Å². The summed E-state index contributed by atoms with van der Waals surface area (Å²) in [7, 11) is 0. The molecule has 0 amide bonds. The molecule has 0 aromatic heterocycles. The Kier molecular flexibility index (Phi) is 4.66. The van der Waals surface area contributed by atoms with Crippen molar-refractivity contribution in [3.8, 4) is 5.75 Å². The smallest absolute Gasteiger partial charge is 0.119 e. The Morgan fingerprint density at radius 2 is 1.90 bits per heavy atom. The molecule has 0 saturated heterocycles. The molecule has 2 nitrogen and oxygen atoms in total. The lowest BCUT2D eigenvalue weighted by atomic mass is 9.87. The molecule has 1 aromatic carbocycles. The molecule has 0 spiro atoms. The van der Waals surface area contributed by atoms with E-state index in [1.54, 1.807) is 0 Å². The summed E-state index contributed by atoms with van der Waals surface area (Å²) < 4.78 is 12.0. The van der Waals surface area contributed by atoms with Crippen LogP contribution in [-0.4, -0.2) is 18.3 Å². The van der Waals surface area contributed by atoms with Crippen LogP contribution in [0.15, 0.2) is 48.6 Å². The Bertz CT molecular complexity index is 487. The van der Waals surface area contributed by atoms with Gasteiger partial charge in [0.2, 0.25) is 0 Å². The van der Waals surface area contributed by atoms with E-state index in [9.17, 15) is 0 Å². The number of rotatable bonds is 5. The zero-order valence-corrected chi connectivity index (χ0v) is 12.8. The first kappa shape index (κ1) is 14.9. The molecule has 3 atom stereocenters. The highest BCUT2D eigenvalue weighted by atomic mass is 16.5. The number of benzene rings is 1. The van der Waals surface area contributed by atoms with Gasteiger partial charge >= 0.3 is 0 Å². The third-order valence-electron chi connectivity index (χ3n) is 3.83. The summed E-state index contributed by atoms with van der Waals surface area (Å²) in [5.41, 5.74) is 1.00. The average molecular weight is 272 g/mol. The lowest BCUT2D eigenvalue weighted by Crippen LogP contribution is -2.37. The van der Waals surface area contributed by atoms with Gasteiger partial charge in [0.1, 0.15) is 11.9 Å². The van der Waals surface area contributed by atoms with Crippen LogP contribution in [-0.2, 0) is 4.74 Å². The second-order valence-corrected chi connectivity index (χ2v) is 5.77. The fraction of sp³-hybridized carbons (Fsp3) is 0.444. The Balaban J connectivity index is 1.86. The van der Waals surface area contributed by atoms with Crippen LogP contribution in [0.25, 0.3) is 0 Å². The largest absolute Gasteiger partial charge is 0.488 e. The van der Waals surface area contributed by atoms with E-state index in [2.05, 4.69) is 51.1 Å². The van der Waals surface area contributed by atoms with Crippen molar-refractivity contribution >= 4 is 0 Å². The van der Waals surface area contributed by atoms with Crippen LogP contribution < -0.4 is 4.74 Å². The van der Waals surface area contributed by atoms with Crippen LogP contribution >= 0.6 is 0 Å². The topological polar surface area (TPSA) is 18.5 Å². The van der Waals surface area contributed by atoms with Gasteiger partial charge in [0, 0.05) is 5.92 Å². The van der Waals surface area contributed by atoms with Gasteiger partial charge in [-0.3, -0.25) is 0 Å². The molecule has 1 aliphatic rings. The SMILES string of the molecule is Cc1ccc(OC(C)COC2(C)C=CC=CC2C)cc1. The molecule has 108 valence electrons. The molecule has 0 bridgehead atoms. The quantitative estimate of drug-likeness (QED) is 0.795. The van der Waals surface area contributed by atoms with Crippen molar-refractivity contribution in [2.24, 2.45) is 5.92 Å². The fourth-order valence-corrected chi connectivity index (χ4v) is 2.18. The minimum atomic E-state index is -0.236. The van der Waals surface area contributed by atoms with E-state index in [1.165, 1.54) is 5.56 Å². The second kappa shape index (κ2) is 6.27. The molecule has 0 heterocycles. The van der Waals surface area contributed by atoms with Gasteiger partial charge in [0.15, 0.2) is 0 Å². The molecule has 1 aliphatic carbocycles. The molecule has 20 heavy (non-hydrogen) atoms. The van der Waals surface area contributed by atoms with E-state index < -0.39 is 0 Å². The van der Waals surface area contributed by atoms with Crippen LogP contribution in [0.3, 0.4) is 0 Å².